The van der Waals surface area contributed by atoms with Crippen LogP contribution in [0.4, 0.5) is 4.79 Å². The van der Waals surface area contributed by atoms with Gasteiger partial charge in [0.15, 0.2) is 15.8 Å². The topological polar surface area (TPSA) is 109 Å². The van der Waals surface area contributed by atoms with E-state index in [2.05, 4.69) is 20.9 Å². The second-order valence-electron chi connectivity index (χ2n) is 7.69. The Labute approximate surface area is 174 Å². The molecule has 3 N–H and O–H groups in total. The number of nitrogens with zero attached hydrogens (tertiary/aromatic N) is 1. The van der Waals surface area contributed by atoms with Crippen molar-refractivity contribution in [1.82, 2.24) is 16.0 Å². The molecule has 1 heterocycles. The van der Waals surface area contributed by atoms with Crippen molar-refractivity contribution in [3.63, 3.8) is 0 Å². The van der Waals surface area contributed by atoms with Crippen molar-refractivity contribution in [3.05, 3.63) is 0 Å². The first-order valence-electron chi connectivity index (χ1n) is 8.59. The van der Waals surface area contributed by atoms with Crippen LogP contribution in [0.25, 0.3) is 0 Å². The molecule has 2 unspecified atom stereocenters. The normalized spacial score (nSPS) is 20.9. The van der Waals surface area contributed by atoms with Crippen LogP contribution >= 0.6 is 24.0 Å². The first-order valence-corrected chi connectivity index (χ1v) is 10.4. The van der Waals surface area contributed by atoms with E-state index in [1.165, 1.54) is 0 Å². The molecule has 0 radical (unpaired) electrons. The molecule has 10 heteroatoms. The predicted octanol–water partition coefficient (Wildman–Crippen LogP) is 1.51. The highest BCUT2D eigenvalue weighted by Crippen LogP contribution is 2.11. The van der Waals surface area contributed by atoms with E-state index in [0.29, 0.717) is 18.9 Å². The van der Waals surface area contributed by atoms with E-state index in [9.17, 15) is 13.2 Å². The van der Waals surface area contributed by atoms with Crippen molar-refractivity contribution in [2.24, 2.45) is 10.9 Å². The van der Waals surface area contributed by atoms with Crippen LogP contribution in [-0.4, -0.2) is 63.3 Å². The number of nitrogens with one attached hydrogen (secondary N) is 3. The zero-order valence-corrected chi connectivity index (χ0v) is 19.6. The van der Waals surface area contributed by atoms with Gasteiger partial charge < -0.3 is 20.7 Å². The summed E-state index contributed by atoms with van der Waals surface area (Å²) in [5, 5.41) is 9.13. The minimum atomic E-state index is -2.95. The predicted molar refractivity (Wildman–Crippen MR) is 115 cm³/mol. The van der Waals surface area contributed by atoms with Crippen LogP contribution in [0.3, 0.4) is 0 Å². The number of carbonyl (C=O) groups is 1. The van der Waals surface area contributed by atoms with Gasteiger partial charge in [0.1, 0.15) is 5.60 Å². The lowest BCUT2D eigenvalue weighted by Crippen LogP contribution is -2.51. The van der Waals surface area contributed by atoms with Crippen LogP contribution in [-0.2, 0) is 14.6 Å². The van der Waals surface area contributed by atoms with Crippen molar-refractivity contribution in [2.75, 3.05) is 25.1 Å². The zero-order valence-electron chi connectivity index (χ0n) is 16.5. The average molecular weight is 504 g/mol. The molecular weight excluding hydrogens is 471 g/mol. The molecule has 154 valence electrons. The lowest BCUT2D eigenvalue weighted by atomic mass is 10.0. The summed E-state index contributed by atoms with van der Waals surface area (Å²) < 4.78 is 28.4. The van der Waals surface area contributed by atoms with E-state index in [4.69, 9.17) is 4.74 Å². The Bertz CT molecular complexity index is 588. The summed E-state index contributed by atoms with van der Waals surface area (Å²) in [6.45, 7) is 9.91. The average Bonchev–Trinajstić information content (AvgIpc) is 2.78. The van der Waals surface area contributed by atoms with E-state index in [0.717, 1.165) is 0 Å². The van der Waals surface area contributed by atoms with Gasteiger partial charge in [-0.1, -0.05) is 13.8 Å². The molecule has 0 spiro atoms. The molecule has 1 rings (SSSR count). The zero-order chi connectivity index (χ0) is 19.3. The van der Waals surface area contributed by atoms with Gasteiger partial charge in [-0.25, -0.2) is 13.2 Å². The second-order valence-corrected chi connectivity index (χ2v) is 9.92. The molecule has 0 aromatic heterocycles. The number of sulfone groups is 1. The summed E-state index contributed by atoms with van der Waals surface area (Å²) in [7, 11) is -1.32. The van der Waals surface area contributed by atoms with E-state index < -0.39 is 21.5 Å². The number of carbonyl (C=O) groups excluding carboxylic acids is 1. The van der Waals surface area contributed by atoms with Gasteiger partial charge in [-0.3, -0.25) is 4.99 Å². The molecule has 1 fully saturated rings. The lowest BCUT2D eigenvalue weighted by Gasteiger charge is -2.27. The molecular formula is C16H33IN4O4S. The number of halogens is 1. The monoisotopic (exact) mass is 504 g/mol. The molecule has 8 nitrogen and oxygen atoms in total. The number of guanidine groups is 1. The summed E-state index contributed by atoms with van der Waals surface area (Å²) in [4.78, 5) is 16.1. The fourth-order valence-electron chi connectivity index (χ4n) is 2.42. The molecule has 0 aliphatic carbocycles. The van der Waals surface area contributed by atoms with Crippen LogP contribution in [0.1, 0.15) is 41.0 Å². The number of hydrogen-bond acceptors (Lipinski definition) is 5. The summed E-state index contributed by atoms with van der Waals surface area (Å²) >= 11 is 0. The number of alkyl carbamates (subject to hydrolysis) is 1. The summed E-state index contributed by atoms with van der Waals surface area (Å²) in [6, 6.07) is -0.284. The highest BCUT2D eigenvalue weighted by Gasteiger charge is 2.28. The summed E-state index contributed by atoms with van der Waals surface area (Å²) in [5.41, 5.74) is -0.551. The van der Waals surface area contributed by atoms with E-state index in [1.54, 1.807) is 7.05 Å². The van der Waals surface area contributed by atoms with Crippen molar-refractivity contribution in [2.45, 2.75) is 58.7 Å². The fraction of sp³-hybridized carbons (Fsp3) is 0.875. The minimum Gasteiger partial charge on any atom is -0.444 e. The molecule has 2 atom stereocenters. The van der Waals surface area contributed by atoms with Crippen LogP contribution in [0.5, 0.6) is 0 Å². The summed E-state index contributed by atoms with van der Waals surface area (Å²) in [6.07, 6.45) is 0.116. The third-order valence-corrected chi connectivity index (χ3v) is 5.56. The standard InChI is InChI=1S/C16H32N4O4S.HI/c1-11(2)13(20-15(21)24-16(3,4)5)9-18-14(17-6)19-12-7-8-25(22,23)10-12;/h11-13H,7-10H2,1-6H3,(H,20,21)(H2,17,18,19);1H. The molecule has 1 aliphatic rings. The van der Waals surface area contributed by atoms with Crippen LogP contribution in [0.2, 0.25) is 0 Å². The molecule has 1 aliphatic heterocycles. The second kappa shape index (κ2) is 10.5. The van der Waals surface area contributed by atoms with Crippen molar-refractivity contribution < 1.29 is 17.9 Å². The van der Waals surface area contributed by atoms with Crippen molar-refractivity contribution in [1.29, 1.82) is 0 Å². The number of hydrogen-bond donors (Lipinski definition) is 3. The number of rotatable bonds is 5. The maximum Gasteiger partial charge on any atom is 0.407 e. The van der Waals surface area contributed by atoms with Gasteiger partial charge in [0, 0.05) is 19.6 Å². The van der Waals surface area contributed by atoms with Gasteiger partial charge in [0.05, 0.1) is 17.5 Å². The third-order valence-electron chi connectivity index (χ3n) is 3.79. The van der Waals surface area contributed by atoms with Crippen LogP contribution < -0.4 is 16.0 Å². The first kappa shape index (κ1) is 25.2. The molecule has 0 aromatic carbocycles. The Morgan fingerprint density at radius 1 is 1.31 bits per heavy atom. The van der Waals surface area contributed by atoms with Gasteiger partial charge in [-0.05, 0) is 33.1 Å². The number of aliphatic imine (C=N–C) groups is 1. The number of ether oxygens (including phenoxy) is 1. The smallest absolute Gasteiger partial charge is 0.407 e. The van der Waals surface area contributed by atoms with E-state index in [1.807, 2.05) is 34.6 Å². The Morgan fingerprint density at radius 3 is 2.35 bits per heavy atom. The SMILES string of the molecule is CN=C(NCC(NC(=O)OC(C)(C)C)C(C)C)NC1CCS(=O)(=O)C1.I. The van der Waals surface area contributed by atoms with E-state index >= 15 is 0 Å². The fourth-order valence-corrected chi connectivity index (χ4v) is 4.09. The van der Waals surface area contributed by atoms with Crippen molar-refractivity contribution >= 4 is 45.9 Å². The molecule has 26 heavy (non-hydrogen) atoms. The maximum absolute atomic E-state index is 12.0. The molecule has 0 bridgehead atoms. The van der Waals surface area contributed by atoms with Gasteiger partial charge >= 0.3 is 6.09 Å². The van der Waals surface area contributed by atoms with Crippen molar-refractivity contribution in [3.8, 4) is 0 Å². The Balaban J connectivity index is 0.00000625. The Kier molecular flexibility index (Phi) is 10.2. The van der Waals surface area contributed by atoms with Crippen LogP contribution in [0, 0.1) is 5.92 Å². The van der Waals surface area contributed by atoms with Gasteiger partial charge in [0.25, 0.3) is 0 Å². The van der Waals surface area contributed by atoms with Crippen LogP contribution in [0.15, 0.2) is 4.99 Å². The van der Waals surface area contributed by atoms with E-state index in [-0.39, 0.29) is 53.5 Å². The highest BCUT2D eigenvalue weighted by atomic mass is 127. The number of amides is 1. The molecule has 1 amide bonds. The third kappa shape index (κ3) is 9.79. The minimum absolute atomic E-state index is 0. The quantitative estimate of drug-likeness (QED) is 0.298. The Morgan fingerprint density at radius 2 is 1.92 bits per heavy atom. The first-order chi connectivity index (χ1) is 11.4. The highest BCUT2D eigenvalue weighted by molar-refractivity contribution is 14.0. The molecule has 0 saturated carbocycles. The molecule has 1 saturated heterocycles. The molecule has 0 aromatic rings. The maximum atomic E-state index is 12.0. The van der Waals surface area contributed by atoms with Gasteiger partial charge in [-0.15, -0.1) is 24.0 Å². The van der Waals surface area contributed by atoms with Gasteiger partial charge in [0.2, 0.25) is 0 Å². The Hall–Kier alpha value is -0.780. The summed E-state index contributed by atoms with van der Waals surface area (Å²) in [5.74, 6) is 1.04. The largest absolute Gasteiger partial charge is 0.444 e. The van der Waals surface area contributed by atoms with Gasteiger partial charge in [-0.2, -0.15) is 0 Å². The lowest BCUT2D eigenvalue weighted by molar-refractivity contribution is 0.0491.